The summed E-state index contributed by atoms with van der Waals surface area (Å²) < 4.78 is 10.3. The number of nitrogens with zero attached hydrogens (tertiary/aromatic N) is 1. The summed E-state index contributed by atoms with van der Waals surface area (Å²) in [6.45, 7) is 1.78. The molecule has 4 amide bonds. The number of hydrogen-bond donors (Lipinski definition) is 2. The Balaban J connectivity index is 1.89. The highest BCUT2D eigenvalue weighted by Crippen LogP contribution is 2.36. The molecule has 1 atom stereocenters. The molecule has 0 aliphatic carbocycles. The summed E-state index contributed by atoms with van der Waals surface area (Å²) in [5, 5.41) is 3.53. The highest BCUT2D eigenvalue weighted by atomic mass is 35.5. The van der Waals surface area contributed by atoms with Gasteiger partial charge >= 0.3 is 6.03 Å². The van der Waals surface area contributed by atoms with Crippen LogP contribution in [0.4, 0.5) is 4.79 Å². The number of carbonyl (C=O) groups is 3. The molecule has 2 aromatic rings. The fourth-order valence-corrected chi connectivity index (χ4v) is 3.54. The first kappa shape index (κ1) is 20.5. The third kappa shape index (κ3) is 3.47. The number of rotatable bonds is 6. The van der Waals surface area contributed by atoms with Crippen molar-refractivity contribution < 1.29 is 23.9 Å². The van der Waals surface area contributed by atoms with Crippen molar-refractivity contribution >= 4 is 29.4 Å². The molecule has 0 saturated carbocycles. The van der Waals surface area contributed by atoms with Crippen molar-refractivity contribution in [1.82, 2.24) is 15.8 Å². The average Bonchev–Trinajstić information content (AvgIpc) is 2.98. The smallest absolute Gasteiger partial charge is 0.344 e. The molecule has 1 aliphatic rings. The van der Waals surface area contributed by atoms with Gasteiger partial charge in [0, 0.05) is 5.56 Å². The number of halogens is 1. The van der Waals surface area contributed by atoms with Crippen LogP contribution in [0.5, 0.6) is 11.5 Å². The van der Waals surface area contributed by atoms with Gasteiger partial charge in [0.05, 0.1) is 19.2 Å². The van der Waals surface area contributed by atoms with E-state index in [2.05, 4.69) is 10.7 Å². The molecule has 1 aliphatic heterocycles. The Morgan fingerprint density at radius 1 is 1.17 bits per heavy atom. The zero-order chi connectivity index (χ0) is 21.2. The Morgan fingerprint density at radius 2 is 1.86 bits per heavy atom. The fraction of sp³-hybridized carbons (Fsp3) is 0.250. The van der Waals surface area contributed by atoms with E-state index >= 15 is 0 Å². The van der Waals surface area contributed by atoms with Crippen LogP contribution in [0.15, 0.2) is 42.5 Å². The molecule has 0 bridgehead atoms. The standard InChI is InChI=1S/C20H20ClN3O5/c1-4-20(13-8-6-5-7-9-13)18(26)24(19(27)22-20)23-17(25)12-10-14(21)16(29-3)15(11-12)28-2/h5-11H,4H2,1-3H3,(H,22,27)(H,23,25)/t20-/m0/s1. The molecule has 0 unspecified atom stereocenters. The van der Waals surface area contributed by atoms with Gasteiger partial charge in [0.15, 0.2) is 11.5 Å². The molecule has 152 valence electrons. The summed E-state index contributed by atoms with van der Waals surface area (Å²) in [4.78, 5) is 38.3. The normalized spacial score (nSPS) is 18.4. The molecule has 0 aromatic heterocycles. The quantitative estimate of drug-likeness (QED) is 0.704. The van der Waals surface area contributed by atoms with Crippen molar-refractivity contribution in [2.45, 2.75) is 18.9 Å². The monoisotopic (exact) mass is 417 g/mol. The van der Waals surface area contributed by atoms with E-state index in [0.29, 0.717) is 17.0 Å². The van der Waals surface area contributed by atoms with Gasteiger partial charge < -0.3 is 14.8 Å². The van der Waals surface area contributed by atoms with Gasteiger partial charge in [0.25, 0.3) is 11.8 Å². The van der Waals surface area contributed by atoms with E-state index in [9.17, 15) is 14.4 Å². The molecule has 29 heavy (non-hydrogen) atoms. The maximum atomic E-state index is 13.1. The lowest BCUT2D eigenvalue weighted by Gasteiger charge is -2.25. The number of nitrogens with one attached hydrogen (secondary N) is 2. The number of ether oxygens (including phenoxy) is 2. The van der Waals surface area contributed by atoms with Crippen LogP contribution in [0.1, 0.15) is 29.3 Å². The second-order valence-corrected chi connectivity index (χ2v) is 6.74. The van der Waals surface area contributed by atoms with E-state index in [1.165, 1.54) is 26.4 Å². The summed E-state index contributed by atoms with van der Waals surface area (Å²) in [5.74, 6) is -0.753. The van der Waals surface area contributed by atoms with Crippen molar-refractivity contribution in [3.8, 4) is 11.5 Å². The minimum atomic E-state index is -1.25. The largest absolute Gasteiger partial charge is 0.493 e. The van der Waals surface area contributed by atoms with Gasteiger partial charge in [-0.2, -0.15) is 5.01 Å². The van der Waals surface area contributed by atoms with Crippen LogP contribution in [0.3, 0.4) is 0 Å². The van der Waals surface area contributed by atoms with Crippen molar-refractivity contribution in [2.75, 3.05) is 14.2 Å². The third-order valence-electron chi connectivity index (χ3n) is 4.80. The number of carbonyl (C=O) groups excluding carboxylic acids is 3. The molecule has 0 radical (unpaired) electrons. The highest BCUT2D eigenvalue weighted by Gasteiger charge is 2.52. The summed E-state index contributed by atoms with van der Waals surface area (Å²) >= 11 is 6.13. The summed E-state index contributed by atoms with van der Waals surface area (Å²) in [6.07, 6.45) is 0.316. The minimum absolute atomic E-state index is 0.0990. The SMILES string of the molecule is CC[C@@]1(c2ccccc2)NC(=O)N(NC(=O)c2cc(Cl)c(OC)c(OC)c2)C1=O. The molecule has 2 N–H and O–H groups in total. The van der Waals surface area contributed by atoms with Crippen LogP contribution in [-0.2, 0) is 10.3 Å². The molecule has 0 spiro atoms. The number of imide groups is 1. The molecule has 1 fully saturated rings. The van der Waals surface area contributed by atoms with E-state index in [4.69, 9.17) is 21.1 Å². The second-order valence-electron chi connectivity index (χ2n) is 6.33. The van der Waals surface area contributed by atoms with Crippen molar-refractivity contribution in [3.05, 3.63) is 58.6 Å². The summed E-state index contributed by atoms with van der Waals surface area (Å²) in [6, 6.07) is 10.9. The molecule has 1 saturated heterocycles. The van der Waals surface area contributed by atoms with Crippen molar-refractivity contribution in [1.29, 1.82) is 0 Å². The summed E-state index contributed by atoms with van der Waals surface area (Å²) in [7, 11) is 2.83. The highest BCUT2D eigenvalue weighted by molar-refractivity contribution is 6.32. The van der Waals surface area contributed by atoms with Crippen LogP contribution in [0, 0.1) is 0 Å². The van der Waals surface area contributed by atoms with Gasteiger partial charge in [-0.25, -0.2) is 4.79 Å². The number of benzene rings is 2. The fourth-order valence-electron chi connectivity index (χ4n) is 3.25. The molecular weight excluding hydrogens is 398 g/mol. The number of hydrazine groups is 1. The van der Waals surface area contributed by atoms with E-state index < -0.39 is 23.4 Å². The van der Waals surface area contributed by atoms with Crippen LogP contribution in [0.2, 0.25) is 5.02 Å². The minimum Gasteiger partial charge on any atom is -0.493 e. The van der Waals surface area contributed by atoms with Gasteiger partial charge in [-0.15, -0.1) is 0 Å². The van der Waals surface area contributed by atoms with Crippen LogP contribution in [0.25, 0.3) is 0 Å². The van der Waals surface area contributed by atoms with Crippen LogP contribution in [-0.4, -0.2) is 37.1 Å². The molecular formula is C20H20ClN3O5. The predicted octanol–water partition coefficient (Wildman–Crippen LogP) is 2.86. The lowest BCUT2D eigenvalue weighted by molar-refractivity contribution is -0.133. The number of hydrogen-bond acceptors (Lipinski definition) is 5. The van der Waals surface area contributed by atoms with Gasteiger partial charge in [-0.1, -0.05) is 48.9 Å². The maximum absolute atomic E-state index is 13.1. The Hall–Kier alpha value is -3.26. The van der Waals surface area contributed by atoms with Crippen molar-refractivity contribution in [3.63, 3.8) is 0 Å². The molecule has 2 aromatic carbocycles. The van der Waals surface area contributed by atoms with E-state index in [0.717, 1.165) is 0 Å². The zero-order valence-electron chi connectivity index (χ0n) is 16.1. The van der Waals surface area contributed by atoms with Crippen LogP contribution >= 0.6 is 11.6 Å². The average molecular weight is 418 g/mol. The first-order valence-electron chi connectivity index (χ1n) is 8.82. The Morgan fingerprint density at radius 3 is 2.45 bits per heavy atom. The molecule has 9 heteroatoms. The van der Waals surface area contributed by atoms with Crippen molar-refractivity contribution in [2.24, 2.45) is 0 Å². The molecule has 1 heterocycles. The van der Waals surface area contributed by atoms with Crippen LogP contribution < -0.4 is 20.2 Å². The lowest BCUT2D eigenvalue weighted by Crippen LogP contribution is -2.48. The van der Waals surface area contributed by atoms with E-state index in [-0.39, 0.29) is 22.1 Å². The second kappa shape index (κ2) is 8.00. The Kier molecular flexibility index (Phi) is 5.65. The van der Waals surface area contributed by atoms with Gasteiger partial charge in [0.1, 0.15) is 5.54 Å². The number of amides is 4. The zero-order valence-corrected chi connectivity index (χ0v) is 16.9. The molecule has 8 nitrogen and oxygen atoms in total. The summed E-state index contributed by atoms with van der Waals surface area (Å²) in [5.41, 5.74) is 1.83. The first-order valence-corrected chi connectivity index (χ1v) is 9.20. The van der Waals surface area contributed by atoms with E-state index in [1.807, 2.05) is 6.07 Å². The maximum Gasteiger partial charge on any atom is 0.344 e. The first-order chi connectivity index (χ1) is 13.9. The number of methoxy groups -OCH3 is 2. The van der Waals surface area contributed by atoms with Gasteiger partial charge in [-0.05, 0) is 24.1 Å². The lowest BCUT2D eigenvalue weighted by atomic mass is 9.87. The Labute approximate surface area is 172 Å². The predicted molar refractivity (Wildman–Crippen MR) is 106 cm³/mol. The van der Waals surface area contributed by atoms with Gasteiger partial charge in [-0.3, -0.25) is 15.0 Å². The van der Waals surface area contributed by atoms with Gasteiger partial charge in [0.2, 0.25) is 0 Å². The Bertz CT molecular complexity index is 966. The topological polar surface area (TPSA) is 97.0 Å². The van der Waals surface area contributed by atoms with E-state index in [1.54, 1.807) is 31.2 Å². The molecule has 3 rings (SSSR count). The third-order valence-corrected chi connectivity index (χ3v) is 5.08. The number of urea groups is 1.